The van der Waals surface area contributed by atoms with Crippen LogP contribution in [0.15, 0.2) is 0 Å². The zero-order chi connectivity index (χ0) is 6.57. The van der Waals surface area contributed by atoms with Crippen LogP contribution in [0.1, 0.15) is 15.3 Å². The van der Waals surface area contributed by atoms with Gasteiger partial charge < -0.3 is 6.33 Å². The maximum absolute atomic E-state index is 10.4. The van der Waals surface area contributed by atoms with E-state index in [1.807, 2.05) is 13.8 Å². The molecule has 0 saturated heterocycles. The summed E-state index contributed by atoms with van der Waals surface area (Å²) in [5.74, 6) is 0. The van der Waals surface area contributed by atoms with Crippen LogP contribution in [0, 0.1) is 0 Å². The first-order chi connectivity index (χ1) is 3.72. The van der Waals surface area contributed by atoms with Gasteiger partial charge in [0, 0.05) is 13.1 Å². The van der Waals surface area contributed by atoms with E-state index in [0.717, 1.165) is 13.1 Å². The van der Waals surface area contributed by atoms with Gasteiger partial charge in [-0.15, -0.1) is 0 Å². The Morgan fingerprint density at radius 3 is 1.89 bits per heavy atom. The van der Waals surface area contributed by atoms with Gasteiger partial charge in [0.25, 0.3) is 5.24 Å². The maximum Gasteiger partial charge on any atom is 1.00 e. The van der Waals surface area contributed by atoms with E-state index in [-0.39, 0.29) is 36.2 Å². The molecular weight excluding hydrogens is 145 g/mol. The van der Waals surface area contributed by atoms with Crippen LogP contribution >= 0.6 is 12.6 Å². The van der Waals surface area contributed by atoms with Gasteiger partial charge in [-0.1, -0.05) is 12.6 Å². The second-order valence-corrected chi connectivity index (χ2v) is 1.84. The first-order valence-electron chi connectivity index (χ1n) is 2.70. The largest absolute Gasteiger partial charge is 1.00 e. The molecule has 0 unspecified atom stereocenters. The van der Waals surface area contributed by atoms with Crippen molar-refractivity contribution < 1.29 is 35.8 Å². The van der Waals surface area contributed by atoms with Gasteiger partial charge in [0.1, 0.15) is 0 Å². The molecule has 0 aliphatic rings. The Labute approximate surface area is 85.2 Å². The van der Waals surface area contributed by atoms with Crippen LogP contribution in [0.5, 0.6) is 0 Å². The van der Waals surface area contributed by atoms with Crippen molar-refractivity contribution in [1.29, 1.82) is 0 Å². The number of nitrogens with zero attached hydrogens (tertiary/aromatic N) is 1. The van der Waals surface area contributed by atoms with Crippen molar-refractivity contribution in [2.24, 2.45) is 0 Å². The smallest absolute Gasteiger partial charge is 1.00 e. The minimum Gasteiger partial charge on any atom is -1.00 e. The van der Waals surface area contributed by atoms with Crippen molar-refractivity contribution >= 4 is 17.9 Å². The van der Waals surface area contributed by atoms with Crippen molar-refractivity contribution in [1.82, 2.24) is 4.90 Å². The Kier molecular flexibility index (Phi) is 9.62. The molecule has 0 saturated carbocycles. The second kappa shape index (κ2) is 6.93. The summed E-state index contributed by atoms with van der Waals surface area (Å²) >= 11 is 3.64. The Bertz CT molecular complexity index is 89.7. The third-order valence-corrected chi connectivity index (χ3v) is 1.32. The summed E-state index contributed by atoms with van der Waals surface area (Å²) in [5.41, 5.74) is 0. The molecular formula is C5H12NNaOS. The van der Waals surface area contributed by atoms with Gasteiger partial charge in [-0.05, 0) is 13.8 Å². The van der Waals surface area contributed by atoms with Crippen molar-refractivity contribution in [3.8, 4) is 0 Å². The van der Waals surface area contributed by atoms with Gasteiger partial charge in [-0.2, -0.15) is 0 Å². The summed E-state index contributed by atoms with van der Waals surface area (Å²) in [6.07, 6.45) is 0. The number of amides is 1. The summed E-state index contributed by atoms with van der Waals surface area (Å²) < 4.78 is 0. The van der Waals surface area contributed by atoms with Crippen molar-refractivity contribution in [2.75, 3.05) is 13.1 Å². The zero-order valence-corrected chi connectivity index (χ0v) is 9.11. The van der Waals surface area contributed by atoms with E-state index >= 15 is 0 Å². The van der Waals surface area contributed by atoms with E-state index in [1.54, 1.807) is 4.90 Å². The number of hydrogen-bond acceptors (Lipinski definition) is 1. The van der Waals surface area contributed by atoms with E-state index in [0.29, 0.717) is 0 Å². The van der Waals surface area contributed by atoms with Gasteiger partial charge in [0.05, 0.1) is 0 Å². The Morgan fingerprint density at radius 1 is 1.56 bits per heavy atom. The van der Waals surface area contributed by atoms with Crippen LogP contribution < -0.4 is 29.6 Å². The summed E-state index contributed by atoms with van der Waals surface area (Å²) in [6, 6.07) is 0. The second-order valence-electron chi connectivity index (χ2n) is 1.45. The van der Waals surface area contributed by atoms with Crippen LogP contribution in [0.25, 0.3) is 0 Å². The molecule has 1 amide bonds. The number of rotatable bonds is 2. The van der Waals surface area contributed by atoms with Crippen molar-refractivity contribution in [3.05, 3.63) is 0 Å². The van der Waals surface area contributed by atoms with Gasteiger partial charge in [-0.3, -0.25) is 4.79 Å². The quantitative estimate of drug-likeness (QED) is 0.382. The fourth-order valence-corrected chi connectivity index (χ4v) is 0.777. The molecule has 4 heteroatoms. The molecule has 0 bridgehead atoms. The first-order valence-corrected chi connectivity index (χ1v) is 3.15. The molecule has 0 aromatic heterocycles. The molecule has 0 aliphatic carbocycles. The Morgan fingerprint density at radius 2 is 1.89 bits per heavy atom. The van der Waals surface area contributed by atoms with Crippen LogP contribution in [-0.4, -0.2) is 23.2 Å². The van der Waals surface area contributed by atoms with Crippen LogP contribution in [0.4, 0.5) is 4.79 Å². The molecule has 0 heterocycles. The maximum atomic E-state index is 10.4. The molecule has 0 aliphatic heterocycles. The molecule has 50 valence electrons. The summed E-state index contributed by atoms with van der Waals surface area (Å²) in [5, 5.41) is -0.144. The van der Waals surface area contributed by atoms with Crippen molar-refractivity contribution in [3.63, 3.8) is 0 Å². The minimum absolute atomic E-state index is 0. The van der Waals surface area contributed by atoms with E-state index in [2.05, 4.69) is 12.6 Å². The van der Waals surface area contributed by atoms with Crippen molar-refractivity contribution in [2.45, 2.75) is 13.8 Å². The van der Waals surface area contributed by atoms with Gasteiger partial charge in [0.2, 0.25) is 0 Å². The average Bonchev–Trinajstić information content (AvgIpc) is 1.69. The van der Waals surface area contributed by atoms with Gasteiger partial charge in [-0.25, -0.2) is 0 Å². The molecule has 9 heavy (non-hydrogen) atoms. The topological polar surface area (TPSA) is 20.3 Å². The van der Waals surface area contributed by atoms with E-state index < -0.39 is 0 Å². The van der Waals surface area contributed by atoms with Crippen LogP contribution in [-0.2, 0) is 0 Å². The minimum atomic E-state index is -0.144. The molecule has 0 fully saturated rings. The van der Waals surface area contributed by atoms with E-state index in [4.69, 9.17) is 0 Å². The summed E-state index contributed by atoms with van der Waals surface area (Å²) in [6.45, 7) is 5.35. The molecule has 0 N–H and O–H groups in total. The fraction of sp³-hybridized carbons (Fsp3) is 0.800. The van der Waals surface area contributed by atoms with E-state index in [1.165, 1.54) is 0 Å². The molecule has 0 radical (unpaired) electrons. The molecule has 0 rings (SSSR count). The van der Waals surface area contributed by atoms with Crippen LogP contribution in [0.3, 0.4) is 0 Å². The normalized spacial score (nSPS) is 7.89. The molecule has 2 nitrogen and oxygen atoms in total. The number of hydrogen-bond donors (Lipinski definition) is 1. The monoisotopic (exact) mass is 157 g/mol. The standard InChI is InChI=1S/C5H11NOS.Na.H/c1-3-6(4-2)5(7)8;;/h3-4H2,1-2H3,(H,7,8);;/q;+1;-1. The van der Waals surface area contributed by atoms with Crippen LogP contribution in [0.2, 0.25) is 0 Å². The van der Waals surface area contributed by atoms with E-state index in [9.17, 15) is 4.79 Å². The SMILES string of the molecule is CCN(CC)C(=O)S.[H-].[Na+]. The third kappa shape index (κ3) is 5.27. The summed E-state index contributed by atoms with van der Waals surface area (Å²) in [4.78, 5) is 12.0. The Hall–Kier alpha value is 0.820. The number of thiol groups is 1. The number of carbonyl (C=O) groups excluding carboxylic acids is 1. The fourth-order valence-electron chi connectivity index (χ4n) is 0.494. The molecule has 0 aromatic carbocycles. The Balaban J connectivity index is -0.000000245. The predicted octanol–water partition coefficient (Wildman–Crippen LogP) is -1.51. The van der Waals surface area contributed by atoms with Gasteiger partial charge >= 0.3 is 29.6 Å². The number of carbonyl (C=O) groups is 1. The average molecular weight is 157 g/mol. The molecule has 0 aromatic rings. The molecule has 0 spiro atoms. The third-order valence-electron chi connectivity index (χ3n) is 1.03. The first kappa shape index (κ1) is 12.5. The predicted molar refractivity (Wildman–Crippen MR) is 38.4 cm³/mol. The summed E-state index contributed by atoms with van der Waals surface area (Å²) in [7, 11) is 0. The zero-order valence-electron chi connectivity index (χ0n) is 7.22. The molecule has 0 atom stereocenters. The van der Waals surface area contributed by atoms with Gasteiger partial charge in [0.15, 0.2) is 0 Å².